The zero-order chi connectivity index (χ0) is 21.3. The van der Waals surface area contributed by atoms with Gasteiger partial charge in [0, 0.05) is 23.0 Å². The lowest BCUT2D eigenvalue weighted by Gasteiger charge is -2.10. The number of rotatable bonds is 5. The van der Waals surface area contributed by atoms with E-state index in [1.807, 2.05) is 29.2 Å². The van der Waals surface area contributed by atoms with Gasteiger partial charge in [-0.25, -0.2) is 9.59 Å². The number of para-hydroxylation sites is 1. The summed E-state index contributed by atoms with van der Waals surface area (Å²) >= 11 is 0. The summed E-state index contributed by atoms with van der Waals surface area (Å²) in [6, 6.07) is 10.8. The average molecular weight is 409 g/mol. The number of amides is 1. The van der Waals surface area contributed by atoms with Crippen LogP contribution in [0.1, 0.15) is 10.4 Å². The number of benzene rings is 2. The van der Waals surface area contributed by atoms with Gasteiger partial charge in [-0.15, -0.1) is 0 Å². The van der Waals surface area contributed by atoms with Crippen LogP contribution in [0.5, 0.6) is 5.75 Å². The van der Waals surface area contributed by atoms with Crippen LogP contribution in [0.2, 0.25) is 0 Å². The van der Waals surface area contributed by atoms with Crippen LogP contribution in [-0.4, -0.2) is 35.6 Å². The van der Waals surface area contributed by atoms with E-state index in [0.717, 1.165) is 17.0 Å². The highest BCUT2D eigenvalue weighted by Crippen LogP contribution is 2.36. The van der Waals surface area contributed by atoms with Gasteiger partial charge in [0.25, 0.3) is 11.5 Å². The summed E-state index contributed by atoms with van der Waals surface area (Å²) in [7, 11) is 1.46. The van der Waals surface area contributed by atoms with Gasteiger partial charge >= 0.3 is 11.7 Å². The number of furan rings is 1. The molecule has 30 heavy (non-hydrogen) atoms. The first-order chi connectivity index (χ1) is 14.5. The molecule has 1 amide bonds. The lowest BCUT2D eigenvalue weighted by Crippen LogP contribution is -2.29. The predicted octanol–water partition coefficient (Wildman–Crippen LogP) is 1.77. The third kappa shape index (κ3) is 3.53. The van der Waals surface area contributed by atoms with Gasteiger partial charge in [0.15, 0.2) is 6.61 Å². The number of aromatic amines is 2. The first kappa shape index (κ1) is 19.0. The molecule has 0 saturated heterocycles. The van der Waals surface area contributed by atoms with Crippen LogP contribution in [0.25, 0.3) is 21.9 Å². The highest BCUT2D eigenvalue weighted by Gasteiger charge is 2.17. The van der Waals surface area contributed by atoms with Gasteiger partial charge in [-0.2, -0.15) is 0 Å². The number of hydrogen-bond acceptors (Lipinski definition) is 7. The first-order valence-corrected chi connectivity index (χ1v) is 8.74. The largest absolute Gasteiger partial charge is 0.495 e. The highest BCUT2D eigenvalue weighted by molar-refractivity contribution is 6.08. The van der Waals surface area contributed by atoms with E-state index in [1.165, 1.54) is 7.11 Å². The smallest absolute Gasteiger partial charge is 0.345 e. The van der Waals surface area contributed by atoms with Gasteiger partial charge in [0.05, 0.1) is 12.8 Å². The Kier molecular flexibility index (Phi) is 4.80. The molecule has 0 fully saturated rings. The quantitative estimate of drug-likeness (QED) is 0.426. The van der Waals surface area contributed by atoms with Crippen molar-refractivity contribution in [2.45, 2.75) is 0 Å². The highest BCUT2D eigenvalue weighted by atomic mass is 16.5. The molecule has 152 valence electrons. The Balaban J connectivity index is 1.52. The van der Waals surface area contributed by atoms with Crippen LogP contribution >= 0.6 is 0 Å². The number of carbonyl (C=O) groups is 2. The standard InChI is InChI=1S/C20H15N3O7/c1-28-16-6-11-10-4-2-3-5-14(10)30-15(11)7-13(16)22-17(24)9-29-19(26)12-8-21-20(27)23-18(12)25/h2-8H,9H2,1H3,(H,22,24)(H2,21,23,25,27). The molecule has 4 rings (SSSR count). The summed E-state index contributed by atoms with van der Waals surface area (Å²) in [5.41, 5.74) is -0.540. The van der Waals surface area contributed by atoms with Gasteiger partial charge in [-0.3, -0.25) is 14.6 Å². The Labute approximate surface area is 167 Å². The molecule has 2 heterocycles. The molecule has 0 atom stereocenters. The minimum Gasteiger partial charge on any atom is -0.495 e. The van der Waals surface area contributed by atoms with Crippen molar-refractivity contribution in [2.24, 2.45) is 0 Å². The third-order valence-corrected chi connectivity index (χ3v) is 4.35. The van der Waals surface area contributed by atoms with Crippen molar-refractivity contribution in [1.29, 1.82) is 0 Å². The number of ether oxygens (including phenoxy) is 2. The van der Waals surface area contributed by atoms with Gasteiger partial charge in [0.1, 0.15) is 22.5 Å². The molecule has 3 N–H and O–H groups in total. The fourth-order valence-electron chi connectivity index (χ4n) is 2.97. The molecule has 0 unspecified atom stereocenters. The van der Waals surface area contributed by atoms with Crippen molar-refractivity contribution in [3.05, 3.63) is 69.0 Å². The van der Waals surface area contributed by atoms with E-state index >= 15 is 0 Å². The van der Waals surface area contributed by atoms with E-state index in [0.29, 0.717) is 22.6 Å². The van der Waals surface area contributed by atoms with Gasteiger partial charge in [-0.1, -0.05) is 18.2 Å². The molecular weight excluding hydrogens is 394 g/mol. The molecule has 10 nitrogen and oxygen atoms in total. The zero-order valence-corrected chi connectivity index (χ0v) is 15.6. The summed E-state index contributed by atoms with van der Waals surface area (Å²) in [4.78, 5) is 50.8. The second-order valence-electron chi connectivity index (χ2n) is 6.26. The van der Waals surface area contributed by atoms with Crippen LogP contribution in [0, 0.1) is 0 Å². The second kappa shape index (κ2) is 7.59. The molecule has 0 aliphatic rings. The number of hydrogen-bond donors (Lipinski definition) is 3. The lowest BCUT2D eigenvalue weighted by molar-refractivity contribution is -0.119. The number of anilines is 1. The number of carbonyl (C=O) groups excluding carboxylic acids is 2. The zero-order valence-electron chi connectivity index (χ0n) is 15.6. The number of methoxy groups -OCH3 is 1. The fourth-order valence-corrected chi connectivity index (χ4v) is 2.97. The Morgan fingerprint density at radius 3 is 2.67 bits per heavy atom. The summed E-state index contributed by atoms with van der Waals surface area (Å²) in [6.07, 6.45) is 0.917. The first-order valence-electron chi connectivity index (χ1n) is 8.74. The number of nitrogens with one attached hydrogen (secondary N) is 3. The molecule has 0 aliphatic heterocycles. The van der Waals surface area contributed by atoms with Crippen LogP contribution < -0.4 is 21.3 Å². The molecule has 0 saturated carbocycles. The summed E-state index contributed by atoms with van der Waals surface area (Å²) < 4.78 is 16.0. The molecule has 10 heteroatoms. The van der Waals surface area contributed by atoms with Gasteiger partial charge in [-0.05, 0) is 12.1 Å². The van der Waals surface area contributed by atoms with Crippen molar-refractivity contribution < 1.29 is 23.5 Å². The molecule has 0 bridgehead atoms. The Morgan fingerprint density at radius 2 is 1.90 bits per heavy atom. The number of esters is 1. The van der Waals surface area contributed by atoms with Crippen molar-refractivity contribution in [2.75, 3.05) is 19.0 Å². The average Bonchev–Trinajstić information content (AvgIpc) is 3.08. The summed E-state index contributed by atoms with van der Waals surface area (Å²) in [5.74, 6) is -1.31. The van der Waals surface area contributed by atoms with Crippen LogP contribution in [0.4, 0.5) is 5.69 Å². The predicted molar refractivity (Wildman–Crippen MR) is 107 cm³/mol. The maximum absolute atomic E-state index is 12.2. The van der Waals surface area contributed by atoms with Crippen molar-refractivity contribution in [3.63, 3.8) is 0 Å². The summed E-state index contributed by atoms with van der Waals surface area (Å²) in [5, 5.41) is 4.31. The van der Waals surface area contributed by atoms with E-state index < -0.39 is 35.3 Å². The number of H-pyrrole nitrogens is 2. The number of fused-ring (bicyclic) bond motifs is 3. The number of aromatic nitrogens is 2. The van der Waals surface area contributed by atoms with Crippen molar-refractivity contribution >= 4 is 39.5 Å². The molecule has 0 radical (unpaired) electrons. The Morgan fingerprint density at radius 1 is 1.10 bits per heavy atom. The van der Waals surface area contributed by atoms with E-state index in [9.17, 15) is 19.2 Å². The van der Waals surface area contributed by atoms with E-state index in [-0.39, 0.29) is 0 Å². The Hall–Kier alpha value is -4.34. The fraction of sp³-hybridized carbons (Fsp3) is 0.100. The molecule has 0 aliphatic carbocycles. The van der Waals surface area contributed by atoms with Gasteiger partial charge < -0.3 is 24.2 Å². The minimum absolute atomic E-state index is 0.326. The van der Waals surface area contributed by atoms with E-state index in [1.54, 1.807) is 12.1 Å². The summed E-state index contributed by atoms with van der Waals surface area (Å²) in [6.45, 7) is -0.654. The van der Waals surface area contributed by atoms with Crippen molar-refractivity contribution in [3.8, 4) is 5.75 Å². The normalized spacial score (nSPS) is 10.8. The van der Waals surface area contributed by atoms with Crippen LogP contribution in [0.15, 0.2) is 56.6 Å². The monoisotopic (exact) mass is 409 g/mol. The SMILES string of the molecule is COc1cc2c(cc1NC(=O)COC(=O)c1c[nH]c(=O)[nH]c1=O)oc1ccccc12. The topological polar surface area (TPSA) is 143 Å². The minimum atomic E-state index is -1.05. The maximum Gasteiger partial charge on any atom is 0.345 e. The Bertz CT molecular complexity index is 1400. The molecule has 0 spiro atoms. The van der Waals surface area contributed by atoms with Gasteiger partial charge in [0.2, 0.25) is 0 Å². The van der Waals surface area contributed by atoms with Crippen LogP contribution in [0.3, 0.4) is 0 Å². The second-order valence-corrected chi connectivity index (χ2v) is 6.26. The van der Waals surface area contributed by atoms with Crippen LogP contribution in [-0.2, 0) is 9.53 Å². The molecule has 2 aromatic carbocycles. The molecular formula is C20H15N3O7. The van der Waals surface area contributed by atoms with E-state index in [4.69, 9.17) is 13.9 Å². The van der Waals surface area contributed by atoms with E-state index in [2.05, 4.69) is 10.3 Å². The van der Waals surface area contributed by atoms with Crippen molar-refractivity contribution in [1.82, 2.24) is 9.97 Å². The lowest BCUT2D eigenvalue weighted by atomic mass is 10.1. The molecule has 4 aromatic rings. The maximum atomic E-state index is 12.2. The third-order valence-electron chi connectivity index (χ3n) is 4.35. The molecule has 2 aromatic heterocycles.